The van der Waals surface area contributed by atoms with Crippen LogP contribution in [0.3, 0.4) is 0 Å². The second-order valence-electron chi connectivity index (χ2n) is 8.63. The summed E-state index contributed by atoms with van der Waals surface area (Å²) in [5.74, 6) is 0.692. The number of piperidine rings is 1. The number of hydrogen-bond donors (Lipinski definition) is 0. The van der Waals surface area contributed by atoms with Crippen molar-refractivity contribution in [2.75, 3.05) is 24.4 Å². The summed E-state index contributed by atoms with van der Waals surface area (Å²) in [5, 5.41) is 0. The molecule has 8 nitrogen and oxygen atoms in total. The van der Waals surface area contributed by atoms with Gasteiger partial charge in [0.1, 0.15) is 10.6 Å². The van der Waals surface area contributed by atoms with Crippen LogP contribution < -0.4 is 9.04 Å². The van der Waals surface area contributed by atoms with Gasteiger partial charge < -0.3 is 4.74 Å². The first-order valence-electron chi connectivity index (χ1n) is 11.4. The molecule has 0 spiro atoms. The van der Waals surface area contributed by atoms with E-state index in [1.165, 1.54) is 34.0 Å². The van der Waals surface area contributed by atoms with Gasteiger partial charge in [-0.15, -0.1) is 0 Å². The minimum Gasteiger partial charge on any atom is -0.439 e. The Hall–Kier alpha value is -2.95. The third-order valence-corrected chi connectivity index (χ3v) is 9.88. The number of aromatic nitrogens is 1. The van der Waals surface area contributed by atoms with Crippen molar-refractivity contribution in [1.82, 2.24) is 9.29 Å². The molecule has 1 aromatic heterocycles. The number of hydrogen-bond acceptors (Lipinski definition) is 6. The Bertz CT molecular complexity index is 1400. The normalized spacial score (nSPS) is 15.1. The first-order chi connectivity index (χ1) is 16.6. The zero-order valence-corrected chi connectivity index (χ0v) is 21.6. The van der Waals surface area contributed by atoms with Gasteiger partial charge in [0.25, 0.3) is 10.0 Å². The van der Waals surface area contributed by atoms with Gasteiger partial charge in [-0.3, -0.25) is 4.31 Å². The highest BCUT2D eigenvalue weighted by Crippen LogP contribution is 2.28. The van der Waals surface area contributed by atoms with Crippen molar-refractivity contribution in [2.45, 2.75) is 42.9 Å². The largest absolute Gasteiger partial charge is 0.439 e. The summed E-state index contributed by atoms with van der Waals surface area (Å²) in [6.07, 6.45) is 4.08. The molecule has 1 fully saturated rings. The fraction of sp³-hybridized carbons (Fsp3) is 0.320. The predicted octanol–water partition coefficient (Wildman–Crippen LogP) is 4.49. The molecule has 35 heavy (non-hydrogen) atoms. The number of benzene rings is 2. The molecule has 0 aliphatic carbocycles. The summed E-state index contributed by atoms with van der Waals surface area (Å²) in [5.41, 5.74) is 2.03. The molecule has 4 rings (SSSR count). The summed E-state index contributed by atoms with van der Waals surface area (Å²) >= 11 is 0. The van der Waals surface area contributed by atoms with Crippen LogP contribution in [0.2, 0.25) is 0 Å². The Morgan fingerprint density at radius 3 is 2.20 bits per heavy atom. The molecule has 1 saturated heterocycles. The van der Waals surface area contributed by atoms with E-state index >= 15 is 0 Å². The van der Waals surface area contributed by atoms with E-state index in [4.69, 9.17) is 4.74 Å². The molecule has 0 radical (unpaired) electrons. The third kappa shape index (κ3) is 5.34. The van der Waals surface area contributed by atoms with Gasteiger partial charge in [-0.1, -0.05) is 18.6 Å². The molecular formula is C25H29N3O5S2. The van der Waals surface area contributed by atoms with Gasteiger partial charge in [0.05, 0.1) is 16.8 Å². The van der Waals surface area contributed by atoms with Crippen LogP contribution in [-0.2, 0) is 20.0 Å². The summed E-state index contributed by atoms with van der Waals surface area (Å²) in [6, 6.07) is 14.9. The average Bonchev–Trinajstić information content (AvgIpc) is 2.86. The van der Waals surface area contributed by atoms with E-state index in [9.17, 15) is 16.8 Å². The Kier molecular flexibility index (Phi) is 7.16. The van der Waals surface area contributed by atoms with Crippen LogP contribution in [0.15, 0.2) is 70.6 Å². The molecular weight excluding hydrogens is 486 g/mol. The highest BCUT2D eigenvalue weighted by atomic mass is 32.2. The molecule has 0 bridgehead atoms. The minimum absolute atomic E-state index is 0.139. The number of sulfonamides is 2. The third-order valence-electron chi connectivity index (χ3n) is 6.07. The molecule has 2 heterocycles. The van der Waals surface area contributed by atoms with Crippen LogP contribution in [0.25, 0.3) is 0 Å². The molecule has 2 aromatic carbocycles. The Labute approximate surface area is 207 Å². The van der Waals surface area contributed by atoms with Crippen molar-refractivity contribution < 1.29 is 21.6 Å². The Morgan fingerprint density at radius 2 is 1.57 bits per heavy atom. The van der Waals surface area contributed by atoms with E-state index in [-0.39, 0.29) is 15.7 Å². The van der Waals surface area contributed by atoms with E-state index in [2.05, 4.69) is 4.98 Å². The van der Waals surface area contributed by atoms with Crippen LogP contribution in [-0.4, -0.2) is 46.3 Å². The molecule has 0 saturated carbocycles. The van der Waals surface area contributed by atoms with Gasteiger partial charge >= 0.3 is 0 Å². The van der Waals surface area contributed by atoms with Gasteiger partial charge in [-0.05, 0) is 74.2 Å². The average molecular weight is 516 g/mol. The lowest BCUT2D eigenvalue weighted by molar-refractivity contribution is 0.346. The summed E-state index contributed by atoms with van der Waals surface area (Å²) in [6.45, 7) is 4.68. The molecule has 0 unspecified atom stereocenters. The topological polar surface area (TPSA) is 96.9 Å². The van der Waals surface area contributed by atoms with E-state index < -0.39 is 20.0 Å². The van der Waals surface area contributed by atoms with E-state index in [1.807, 2.05) is 13.0 Å². The van der Waals surface area contributed by atoms with Crippen molar-refractivity contribution in [3.63, 3.8) is 0 Å². The molecule has 0 amide bonds. The fourth-order valence-electron chi connectivity index (χ4n) is 3.95. The van der Waals surface area contributed by atoms with E-state index in [0.29, 0.717) is 30.1 Å². The van der Waals surface area contributed by atoms with E-state index in [1.54, 1.807) is 43.3 Å². The van der Waals surface area contributed by atoms with Gasteiger partial charge in [0, 0.05) is 26.2 Å². The lowest BCUT2D eigenvalue weighted by atomic mass is 10.2. The number of aryl methyl sites for hydroxylation is 2. The quantitative estimate of drug-likeness (QED) is 0.460. The molecule has 10 heteroatoms. The molecule has 1 aliphatic rings. The number of pyridine rings is 1. The monoisotopic (exact) mass is 515 g/mol. The molecule has 3 aromatic rings. The van der Waals surface area contributed by atoms with Crippen LogP contribution in [0.4, 0.5) is 5.69 Å². The zero-order valence-electron chi connectivity index (χ0n) is 20.0. The lowest BCUT2D eigenvalue weighted by Crippen LogP contribution is -2.35. The zero-order chi connectivity index (χ0) is 25.2. The van der Waals surface area contributed by atoms with Crippen molar-refractivity contribution in [3.05, 3.63) is 71.9 Å². The maximum atomic E-state index is 13.1. The standard InChI is InChI=1S/C25H29N3O5S2/c1-19-7-8-20(2)24(17-19)35(31,32)27(3)21-9-11-22(12-10-21)33-25-14-13-23(18-26-25)34(29,30)28-15-5-4-6-16-28/h7-14,17-18H,4-6,15-16H2,1-3H3. The number of rotatable bonds is 7. The highest BCUT2D eigenvalue weighted by Gasteiger charge is 2.26. The van der Waals surface area contributed by atoms with Gasteiger partial charge in [-0.25, -0.2) is 21.8 Å². The second-order valence-corrected chi connectivity index (χ2v) is 12.5. The minimum atomic E-state index is -3.73. The Balaban J connectivity index is 1.47. The van der Waals surface area contributed by atoms with Crippen molar-refractivity contribution >= 4 is 25.7 Å². The predicted molar refractivity (Wildman–Crippen MR) is 135 cm³/mol. The highest BCUT2D eigenvalue weighted by molar-refractivity contribution is 7.92. The smallest absolute Gasteiger partial charge is 0.264 e. The van der Waals surface area contributed by atoms with Crippen LogP contribution in [0.1, 0.15) is 30.4 Å². The van der Waals surface area contributed by atoms with Gasteiger partial charge in [0.2, 0.25) is 15.9 Å². The maximum absolute atomic E-state index is 13.1. The number of anilines is 1. The fourth-order valence-corrected chi connectivity index (χ4v) is 6.92. The van der Waals surface area contributed by atoms with Crippen LogP contribution in [0.5, 0.6) is 11.6 Å². The first-order valence-corrected chi connectivity index (χ1v) is 14.3. The second kappa shape index (κ2) is 9.96. The van der Waals surface area contributed by atoms with Gasteiger partial charge in [0.15, 0.2) is 0 Å². The van der Waals surface area contributed by atoms with E-state index in [0.717, 1.165) is 24.8 Å². The van der Waals surface area contributed by atoms with Gasteiger partial charge in [-0.2, -0.15) is 4.31 Å². The molecule has 1 aliphatic heterocycles. The molecule has 186 valence electrons. The lowest BCUT2D eigenvalue weighted by Gasteiger charge is -2.25. The van der Waals surface area contributed by atoms with Crippen LogP contribution >= 0.6 is 0 Å². The maximum Gasteiger partial charge on any atom is 0.264 e. The van der Waals surface area contributed by atoms with Crippen LogP contribution in [0, 0.1) is 13.8 Å². The van der Waals surface area contributed by atoms with Crippen molar-refractivity contribution in [1.29, 1.82) is 0 Å². The molecule has 0 N–H and O–H groups in total. The Morgan fingerprint density at radius 1 is 0.886 bits per heavy atom. The molecule has 0 atom stereocenters. The SMILES string of the molecule is Cc1ccc(C)c(S(=O)(=O)N(C)c2ccc(Oc3ccc(S(=O)(=O)N4CCCCC4)cn3)cc2)c1. The summed E-state index contributed by atoms with van der Waals surface area (Å²) in [7, 11) is -5.77. The summed E-state index contributed by atoms with van der Waals surface area (Å²) < 4.78 is 60.3. The number of ether oxygens (including phenoxy) is 1. The van der Waals surface area contributed by atoms with Crippen molar-refractivity contribution in [2.24, 2.45) is 0 Å². The summed E-state index contributed by atoms with van der Waals surface area (Å²) in [4.78, 5) is 4.56. The first kappa shape index (κ1) is 25.2. The van der Waals surface area contributed by atoms with Crippen molar-refractivity contribution in [3.8, 4) is 11.6 Å². The number of nitrogens with zero attached hydrogens (tertiary/aromatic N) is 3.